The van der Waals surface area contributed by atoms with Crippen LogP contribution in [0.2, 0.25) is 0 Å². The molecule has 4 heteroatoms. The summed E-state index contributed by atoms with van der Waals surface area (Å²) in [6, 6.07) is 0. The fourth-order valence-electron chi connectivity index (χ4n) is 0.337. The van der Waals surface area contributed by atoms with Crippen LogP contribution in [0.3, 0.4) is 0 Å². The summed E-state index contributed by atoms with van der Waals surface area (Å²) in [7, 11) is -1.13. The van der Waals surface area contributed by atoms with Gasteiger partial charge in [0.05, 0.1) is 6.20 Å². The quantitative estimate of drug-likeness (QED) is 0.492. The molecule has 44 valence electrons. The van der Waals surface area contributed by atoms with E-state index in [-0.39, 0.29) is 5.76 Å². The van der Waals surface area contributed by atoms with E-state index < -0.39 is 11.0 Å². The van der Waals surface area contributed by atoms with E-state index >= 15 is 0 Å². The third kappa shape index (κ3) is 1.10. The van der Waals surface area contributed by atoms with Crippen LogP contribution in [0.4, 0.5) is 0 Å². The van der Waals surface area contributed by atoms with Crippen molar-refractivity contribution in [3.8, 4) is 0 Å². The highest BCUT2D eigenvalue weighted by molar-refractivity contribution is 7.86. The number of hydrogen-bond acceptors (Lipinski definition) is 2. The summed E-state index contributed by atoms with van der Waals surface area (Å²) >= 11 is 0. The third-order valence-corrected chi connectivity index (χ3v) is 1.42. The Kier molecular flexibility index (Phi) is 1.34. The van der Waals surface area contributed by atoms with E-state index in [4.69, 9.17) is 5.11 Å². The molecule has 1 aliphatic heterocycles. The molecule has 1 aliphatic rings. The van der Waals surface area contributed by atoms with Crippen molar-refractivity contribution in [2.24, 2.45) is 0 Å². The summed E-state index contributed by atoms with van der Waals surface area (Å²) in [4.78, 5) is 0. The summed E-state index contributed by atoms with van der Waals surface area (Å²) in [5.41, 5.74) is 0. The Morgan fingerprint density at radius 3 is 2.88 bits per heavy atom. The Morgan fingerprint density at radius 2 is 2.50 bits per heavy atom. The molecule has 0 radical (unpaired) electrons. The topological polar surface area (TPSA) is 49.3 Å². The smallest absolute Gasteiger partial charge is 0.142 e. The van der Waals surface area contributed by atoms with Crippen LogP contribution in [-0.4, -0.2) is 9.32 Å². The second-order valence-electron chi connectivity index (χ2n) is 1.29. The number of aliphatic hydroxyl groups excluding tert-OH is 1. The maximum atomic E-state index is 10.4. The molecule has 1 unspecified atom stereocenters. The van der Waals surface area contributed by atoms with Gasteiger partial charge in [-0.15, -0.1) is 0 Å². The zero-order chi connectivity index (χ0) is 5.98. The number of aliphatic hydroxyl groups is 1. The minimum Gasteiger partial charge on any atom is -0.506 e. The van der Waals surface area contributed by atoms with E-state index in [0.717, 1.165) is 0 Å². The first-order chi connectivity index (χ1) is 3.79. The van der Waals surface area contributed by atoms with Crippen molar-refractivity contribution in [2.75, 3.05) is 0 Å². The highest BCUT2D eigenvalue weighted by Crippen LogP contribution is 1.95. The third-order valence-electron chi connectivity index (χ3n) is 0.685. The lowest BCUT2D eigenvalue weighted by molar-refractivity contribution is 0.429. The van der Waals surface area contributed by atoms with Crippen molar-refractivity contribution in [3.63, 3.8) is 0 Å². The summed E-state index contributed by atoms with van der Waals surface area (Å²) in [6.45, 7) is 0. The Morgan fingerprint density at radius 1 is 1.75 bits per heavy atom. The molecule has 1 atom stereocenters. The van der Waals surface area contributed by atoms with Gasteiger partial charge < -0.3 is 9.83 Å². The predicted molar refractivity (Wildman–Crippen MR) is 31.1 cm³/mol. The van der Waals surface area contributed by atoms with Gasteiger partial charge in [-0.2, -0.15) is 0 Å². The molecule has 0 aromatic heterocycles. The van der Waals surface area contributed by atoms with Crippen LogP contribution in [0, 0.1) is 0 Å². The highest BCUT2D eigenvalue weighted by atomic mass is 32.2. The maximum absolute atomic E-state index is 10.4. The van der Waals surface area contributed by atoms with E-state index in [0.29, 0.717) is 0 Å². The fraction of sp³-hybridized carbons (Fsp3) is 0. The van der Waals surface area contributed by atoms with Crippen molar-refractivity contribution in [3.05, 3.63) is 23.4 Å². The van der Waals surface area contributed by atoms with E-state index in [2.05, 4.69) is 4.72 Å². The Hall–Kier alpha value is -0.770. The number of allylic oxidation sites excluding steroid dienone is 1. The lowest BCUT2D eigenvalue weighted by Crippen LogP contribution is -2.10. The molecular formula is C4H5NO2S. The number of rotatable bonds is 0. The van der Waals surface area contributed by atoms with Crippen molar-refractivity contribution in [1.82, 2.24) is 4.72 Å². The van der Waals surface area contributed by atoms with Gasteiger partial charge in [-0.3, -0.25) is 0 Å². The lowest BCUT2D eigenvalue weighted by Gasteiger charge is -1.99. The van der Waals surface area contributed by atoms with Gasteiger partial charge in [0.1, 0.15) is 16.7 Å². The van der Waals surface area contributed by atoms with Crippen molar-refractivity contribution in [2.45, 2.75) is 0 Å². The molecule has 8 heavy (non-hydrogen) atoms. The number of hydrogen-bond donors (Lipinski definition) is 2. The Balaban J connectivity index is 2.71. The summed E-state index contributed by atoms with van der Waals surface area (Å²) in [5.74, 6) is 0.101. The minimum absolute atomic E-state index is 0.101. The molecule has 0 saturated carbocycles. The lowest BCUT2D eigenvalue weighted by atomic mass is 10.5. The van der Waals surface area contributed by atoms with E-state index in [1.165, 1.54) is 17.7 Å². The van der Waals surface area contributed by atoms with Crippen molar-refractivity contribution < 1.29 is 9.32 Å². The van der Waals surface area contributed by atoms with Crippen LogP contribution >= 0.6 is 0 Å². The molecule has 1 heterocycles. The van der Waals surface area contributed by atoms with Crippen LogP contribution in [0.15, 0.2) is 23.4 Å². The average molecular weight is 131 g/mol. The number of nitrogens with one attached hydrogen (secondary N) is 1. The SMILES string of the molecule is O=S1C=CC(O)=CN1. The average Bonchev–Trinajstić information content (AvgIpc) is 1.77. The van der Waals surface area contributed by atoms with Gasteiger partial charge in [-0.25, -0.2) is 4.21 Å². The molecule has 0 bridgehead atoms. The van der Waals surface area contributed by atoms with Crippen LogP contribution < -0.4 is 4.72 Å². The van der Waals surface area contributed by atoms with Crippen LogP contribution in [0.5, 0.6) is 0 Å². The standard InChI is InChI=1S/C4H5NO2S/c6-4-1-2-8(7)5-3-4/h1-3,5-6H. The summed E-state index contributed by atoms with van der Waals surface area (Å²) in [5, 5.41) is 9.97. The van der Waals surface area contributed by atoms with Crippen LogP contribution in [0.25, 0.3) is 0 Å². The van der Waals surface area contributed by atoms with Crippen molar-refractivity contribution >= 4 is 11.0 Å². The van der Waals surface area contributed by atoms with Gasteiger partial charge in [0.2, 0.25) is 0 Å². The first-order valence-electron chi connectivity index (χ1n) is 2.03. The molecule has 0 aliphatic carbocycles. The molecule has 0 spiro atoms. The zero-order valence-electron chi connectivity index (χ0n) is 4.00. The van der Waals surface area contributed by atoms with Gasteiger partial charge in [0.15, 0.2) is 0 Å². The molecule has 1 rings (SSSR count). The normalized spacial score (nSPS) is 26.5. The summed E-state index contributed by atoms with van der Waals surface area (Å²) < 4.78 is 12.8. The van der Waals surface area contributed by atoms with E-state index in [1.807, 2.05) is 0 Å². The second-order valence-corrected chi connectivity index (χ2v) is 2.39. The molecular weight excluding hydrogens is 126 g/mol. The largest absolute Gasteiger partial charge is 0.506 e. The van der Waals surface area contributed by atoms with Gasteiger partial charge in [-0.05, 0) is 6.08 Å². The van der Waals surface area contributed by atoms with Gasteiger partial charge in [0.25, 0.3) is 0 Å². The predicted octanol–water partition coefficient (Wildman–Crippen LogP) is 0.166. The Labute approximate surface area is 49.3 Å². The van der Waals surface area contributed by atoms with Gasteiger partial charge >= 0.3 is 0 Å². The maximum Gasteiger partial charge on any atom is 0.142 e. The molecule has 2 N–H and O–H groups in total. The highest BCUT2D eigenvalue weighted by Gasteiger charge is 1.95. The van der Waals surface area contributed by atoms with Crippen LogP contribution in [0.1, 0.15) is 0 Å². The van der Waals surface area contributed by atoms with E-state index in [1.54, 1.807) is 0 Å². The van der Waals surface area contributed by atoms with E-state index in [9.17, 15) is 4.21 Å². The summed E-state index contributed by atoms with van der Waals surface area (Å²) in [6.07, 6.45) is 2.67. The van der Waals surface area contributed by atoms with Crippen molar-refractivity contribution in [1.29, 1.82) is 0 Å². The minimum atomic E-state index is -1.13. The fourth-order valence-corrected chi connectivity index (χ4v) is 0.916. The van der Waals surface area contributed by atoms with Gasteiger partial charge in [-0.1, -0.05) is 0 Å². The zero-order valence-corrected chi connectivity index (χ0v) is 4.81. The molecule has 0 amide bonds. The monoisotopic (exact) mass is 131 g/mol. The van der Waals surface area contributed by atoms with Crippen LogP contribution in [-0.2, 0) is 11.0 Å². The Bertz CT molecular complexity index is 170. The van der Waals surface area contributed by atoms with Gasteiger partial charge in [0, 0.05) is 5.41 Å². The molecule has 0 saturated heterocycles. The molecule has 0 fully saturated rings. The molecule has 3 nitrogen and oxygen atoms in total. The first kappa shape index (κ1) is 5.37. The first-order valence-corrected chi connectivity index (χ1v) is 3.24. The molecule has 0 aromatic carbocycles. The second kappa shape index (κ2) is 2.00. The molecule has 0 aromatic rings.